The van der Waals surface area contributed by atoms with Crippen LogP contribution >= 0.6 is 11.3 Å². The molecule has 4 rings (SSSR count). The number of Topliss-reactive ketones (excluding diaryl/α,β-unsaturated/α-hetero) is 2. The Morgan fingerprint density at radius 1 is 1.17 bits per heavy atom. The summed E-state index contributed by atoms with van der Waals surface area (Å²) in [5, 5.41) is 3.07. The molecule has 0 unspecified atom stereocenters. The van der Waals surface area contributed by atoms with Gasteiger partial charge in [-0.15, -0.1) is 11.3 Å². The molecule has 2 aromatic rings. The number of benzene rings is 1. The lowest BCUT2D eigenvalue weighted by atomic mass is 10.1. The molecule has 0 saturated carbocycles. The van der Waals surface area contributed by atoms with E-state index >= 15 is 0 Å². The molecule has 0 atom stereocenters. The number of nitrogens with one attached hydrogen (secondary N) is 1. The lowest BCUT2D eigenvalue weighted by Crippen LogP contribution is -2.32. The average Bonchev–Trinajstić information content (AvgIpc) is 3.33. The fraction of sp³-hybridized carbons (Fsp3) is 0.300. The number of nitrogens with two attached hydrogens (primary N) is 1. The first kappa shape index (κ1) is 20.0. The van der Waals surface area contributed by atoms with E-state index in [0.717, 1.165) is 10.4 Å². The predicted octanol–water partition coefficient (Wildman–Crippen LogP) is 0.867. The van der Waals surface area contributed by atoms with Crippen molar-refractivity contribution in [3.05, 3.63) is 39.8 Å². The molecule has 0 spiro atoms. The maximum atomic E-state index is 12.4. The van der Waals surface area contributed by atoms with E-state index in [1.54, 1.807) is 6.92 Å². The fourth-order valence-corrected chi connectivity index (χ4v) is 4.73. The van der Waals surface area contributed by atoms with Crippen LogP contribution < -0.4 is 20.5 Å². The second kappa shape index (κ2) is 7.88. The number of rotatable bonds is 6. The lowest BCUT2D eigenvalue weighted by molar-refractivity contribution is -0.132. The molecule has 1 aromatic heterocycles. The molecule has 3 heterocycles. The van der Waals surface area contributed by atoms with Crippen molar-refractivity contribution in [2.24, 2.45) is 5.73 Å². The Bertz CT molecular complexity index is 1060. The number of likely N-dealkylation sites (tertiary alicyclic amines) is 1. The monoisotopic (exact) mass is 429 g/mol. The zero-order valence-electron chi connectivity index (χ0n) is 16.1. The third-order valence-corrected chi connectivity index (χ3v) is 6.17. The topological polar surface area (TPSA) is 128 Å². The normalized spacial score (nSPS) is 15.6. The van der Waals surface area contributed by atoms with Gasteiger partial charge >= 0.3 is 0 Å². The van der Waals surface area contributed by atoms with Gasteiger partial charge in [0.2, 0.25) is 24.3 Å². The molecule has 1 aromatic carbocycles. The molecule has 0 bridgehead atoms. The number of fused-ring (bicyclic) bond motifs is 1. The fourth-order valence-electron chi connectivity index (χ4n) is 3.47. The van der Waals surface area contributed by atoms with Crippen molar-refractivity contribution < 1.29 is 28.7 Å². The van der Waals surface area contributed by atoms with Crippen LogP contribution in [0.5, 0.6) is 11.5 Å². The van der Waals surface area contributed by atoms with Gasteiger partial charge in [0.05, 0.1) is 25.2 Å². The van der Waals surface area contributed by atoms with Gasteiger partial charge in [0.25, 0.3) is 5.91 Å². The van der Waals surface area contributed by atoms with Gasteiger partial charge in [-0.2, -0.15) is 0 Å². The summed E-state index contributed by atoms with van der Waals surface area (Å²) >= 11 is 1.27. The van der Waals surface area contributed by atoms with Crippen LogP contribution in [0.4, 0.5) is 5.00 Å². The summed E-state index contributed by atoms with van der Waals surface area (Å²) in [7, 11) is 0. The summed E-state index contributed by atoms with van der Waals surface area (Å²) in [4.78, 5) is 49.5. The minimum Gasteiger partial charge on any atom is -0.454 e. The number of amides is 2. The number of primary amides is 1. The number of ether oxygens (including phenoxy) is 2. The van der Waals surface area contributed by atoms with Crippen LogP contribution in [0.3, 0.4) is 0 Å². The maximum Gasteiger partial charge on any atom is 0.251 e. The first-order valence-electron chi connectivity index (χ1n) is 9.20. The highest BCUT2D eigenvalue weighted by atomic mass is 32.1. The Morgan fingerprint density at radius 2 is 1.87 bits per heavy atom. The largest absolute Gasteiger partial charge is 0.454 e. The third kappa shape index (κ3) is 3.91. The molecule has 156 valence electrons. The highest BCUT2D eigenvalue weighted by molar-refractivity contribution is 7.17. The Hall–Kier alpha value is -3.24. The maximum absolute atomic E-state index is 12.4. The van der Waals surface area contributed by atoms with Gasteiger partial charge in [0, 0.05) is 11.3 Å². The smallest absolute Gasteiger partial charge is 0.251 e. The zero-order valence-corrected chi connectivity index (χ0v) is 17.0. The second-order valence-electron chi connectivity index (χ2n) is 7.12. The number of hydrogen-bond acceptors (Lipinski definition) is 8. The van der Waals surface area contributed by atoms with Crippen LogP contribution in [0, 0.1) is 6.92 Å². The number of carbonyl (C=O) groups excluding carboxylic acids is 4. The van der Waals surface area contributed by atoms with E-state index in [4.69, 9.17) is 15.2 Å². The van der Waals surface area contributed by atoms with E-state index in [1.165, 1.54) is 16.2 Å². The highest BCUT2D eigenvalue weighted by Crippen LogP contribution is 2.37. The number of hydrogen-bond donors (Lipinski definition) is 2. The van der Waals surface area contributed by atoms with Gasteiger partial charge in [-0.05, 0) is 30.2 Å². The number of thiophene rings is 1. The van der Waals surface area contributed by atoms with Crippen LogP contribution in [-0.2, 0) is 20.8 Å². The molecule has 2 aliphatic rings. The second-order valence-corrected chi connectivity index (χ2v) is 8.23. The lowest BCUT2D eigenvalue weighted by Gasteiger charge is -2.12. The summed E-state index contributed by atoms with van der Waals surface area (Å²) in [5.74, 6) is -0.707. The molecule has 2 amide bonds. The van der Waals surface area contributed by atoms with Gasteiger partial charge in [-0.25, -0.2) is 0 Å². The molecule has 10 heteroatoms. The number of anilines is 1. The Morgan fingerprint density at radius 3 is 2.57 bits per heavy atom. The van der Waals surface area contributed by atoms with Crippen LogP contribution in [0.1, 0.15) is 26.4 Å². The molecule has 2 aliphatic heterocycles. The van der Waals surface area contributed by atoms with Crippen molar-refractivity contribution in [1.29, 1.82) is 0 Å². The Labute approximate surface area is 175 Å². The summed E-state index contributed by atoms with van der Waals surface area (Å²) in [6.45, 7) is 1.70. The minimum absolute atomic E-state index is 0.0756. The Balaban J connectivity index is 1.52. The first-order chi connectivity index (χ1) is 14.3. The number of carbonyl (C=O) groups is 4. The van der Waals surface area contributed by atoms with Crippen molar-refractivity contribution in [3.63, 3.8) is 0 Å². The van der Waals surface area contributed by atoms with Gasteiger partial charge in [0.15, 0.2) is 11.5 Å². The molecule has 0 radical (unpaired) electrons. The van der Waals surface area contributed by atoms with E-state index in [9.17, 15) is 19.2 Å². The van der Waals surface area contributed by atoms with Gasteiger partial charge in [-0.1, -0.05) is 6.07 Å². The average molecular weight is 429 g/mol. The molecule has 30 heavy (non-hydrogen) atoms. The van der Waals surface area contributed by atoms with E-state index in [2.05, 4.69) is 5.32 Å². The SMILES string of the molecule is Cc1c(Cc2ccc3c(c2)OCO3)sc(NC(=O)CN2CC(=O)C(=O)C2)c1C(N)=O. The van der Waals surface area contributed by atoms with Gasteiger partial charge in [0.1, 0.15) is 5.00 Å². The predicted molar refractivity (Wildman–Crippen MR) is 108 cm³/mol. The molecular formula is C20H19N3O6S. The molecule has 1 fully saturated rings. The highest BCUT2D eigenvalue weighted by Gasteiger charge is 2.30. The van der Waals surface area contributed by atoms with Crippen LogP contribution in [0.25, 0.3) is 0 Å². The number of nitrogens with zero attached hydrogens (tertiary/aromatic N) is 1. The minimum atomic E-state index is -0.637. The van der Waals surface area contributed by atoms with Gasteiger partial charge in [-0.3, -0.25) is 24.1 Å². The number of ketones is 2. The van der Waals surface area contributed by atoms with Crippen molar-refractivity contribution >= 4 is 39.7 Å². The summed E-state index contributed by atoms with van der Waals surface area (Å²) < 4.78 is 10.7. The summed E-state index contributed by atoms with van der Waals surface area (Å²) in [5.41, 5.74) is 7.48. The van der Waals surface area contributed by atoms with Crippen LogP contribution in [0.2, 0.25) is 0 Å². The Kier molecular flexibility index (Phi) is 5.27. The summed E-state index contributed by atoms with van der Waals surface area (Å²) in [6.07, 6.45) is 0.526. The van der Waals surface area contributed by atoms with E-state index < -0.39 is 23.4 Å². The van der Waals surface area contributed by atoms with E-state index in [1.807, 2.05) is 18.2 Å². The van der Waals surface area contributed by atoms with Crippen molar-refractivity contribution in [1.82, 2.24) is 4.90 Å². The molecule has 9 nitrogen and oxygen atoms in total. The standard InChI is InChI=1S/C20H19N3O6S/c1-10-16(5-11-2-3-14-15(4-11)29-9-28-14)30-20(18(10)19(21)27)22-17(26)8-23-6-12(24)13(25)7-23/h2-4H,5-9H2,1H3,(H2,21,27)(H,22,26). The molecule has 3 N–H and O–H groups in total. The van der Waals surface area contributed by atoms with Gasteiger partial charge < -0.3 is 20.5 Å². The molecular weight excluding hydrogens is 410 g/mol. The zero-order chi connectivity index (χ0) is 21.4. The van der Waals surface area contributed by atoms with Crippen molar-refractivity contribution in [3.8, 4) is 11.5 Å². The van der Waals surface area contributed by atoms with Crippen LogP contribution in [-0.4, -0.2) is 54.7 Å². The molecule has 0 aliphatic carbocycles. The van der Waals surface area contributed by atoms with Crippen molar-refractivity contribution in [2.45, 2.75) is 13.3 Å². The summed E-state index contributed by atoms with van der Waals surface area (Å²) in [6, 6.07) is 5.62. The quantitative estimate of drug-likeness (QED) is 0.652. The van der Waals surface area contributed by atoms with Crippen molar-refractivity contribution in [2.75, 3.05) is 31.7 Å². The third-order valence-electron chi connectivity index (χ3n) is 4.96. The first-order valence-corrected chi connectivity index (χ1v) is 10.0. The molecule has 1 saturated heterocycles. The van der Waals surface area contributed by atoms with E-state index in [0.29, 0.717) is 28.5 Å². The van der Waals surface area contributed by atoms with E-state index in [-0.39, 0.29) is 32.0 Å². The van der Waals surface area contributed by atoms with Crippen LogP contribution in [0.15, 0.2) is 18.2 Å².